The minimum atomic E-state index is 0.432. The van der Waals surface area contributed by atoms with E-state index >= 15 is 0 Å². The molecule has 0 fully saturated rings. The van der Waals surface area contributed by atoms with Gasteiger partial charge in [-0.2, -0.15) is 5.10 Å². The second kappa shape index (κ2) is 3.75. The van der Waals surface area contributed by atoms with Crippen molar-refractivity contribution in [3.05, 3.63) is 29.3 Å². The molecule has 4 heteroatoms. The van der Waals surface area contributed by atoms with Crippen LogP contribution in [0, 0.1) is 0 Å². The van der Waals surface area contributed by atoms with Gasteiger partial charge in [-0.25, -0.2) is 0 Å². The van der Waals surface area contributed by atoms with Crippen molar-refractivity contribution < 1.29 is 4.79 Å². The predicted molar refractivity (Wildman–Crippen MR) is 56.3 cm³/mol. The van der Waals surface area contributed by atoms with E-state index in [-0.39, 0.29) is 0 Å². The van der Waals surface area contributed by atoms with Crippen LogP contribution in [0.3, 0.4) is 0 Å². The first kappa shape index (κ1) is 9.15. The molecular weight excluding hydrogens is 196 g/mol. The SMILES string of the molecule is Cn1cc(CC=O)c(-c2cccs2)n1. The summed E-state index contributed by atoms with van der Waals surface area (Å²) in [5.41, 5.74) is 1.92. The van der Waals surface area contributed by atoms with Gasteiger partial charge in [-0.3, -0.25) is 4.68 Å². The zero-order valence-corrected chi connectivity index (χ0v) is 8.62. The molecule has 2 aromatic heterocycles. The average molecular weight is 206 g/mol. The van der Waals surface area contributed by atoms with E-state index in [1.54, 1.807) is 16.0 Å². The summed E-state index contributed by atoms with van der Waals surface area (Å²) < 4.78 is 1.74. The fourth-order valence-electron chi connectivity index (χ4n) is 1.40. The van der Waals surface area contributed by atoms with Crippen LogP contribution in [0.5, 0.6) is 0 Å². The predicted octanol–water partition coefficient (Wildman–Crippen LogP) is 1.89. The molecule has 0 aliphatic carbocycles. The lowest BCUT2D eigenvalue weighted by Gasteiger charge is -1.93. The summed E-state index contributed by atoms with van der Waals surface area (Å²) in [5, 5.41) is 6.35. The molecule has 2 rings (SSSR count). The van der Waals surface area contributed by atoms with Crippen LogP contribution in [0.15, 0.2) is 23.7 Å². The zero-order chi connectivity index (χ0) is 9.97. The molecule has 0 spiro atoms. The first-order valence-corrected chi connectivity index (χ1v) is 5.19. The van der Waals surface area contributed by atoms with Gasteiger partial charge in [0, 0.05) is 25.2 Å². The number of aromatic nitrogens is 2. The number of carbonyl (C=O) groups excluding carboxylic acids is 1. The van der Waals surface area contributed by atoms with Gasteiger partial charge in [0.25, 0.3) is 0 Å². The van der Waals surface area contributed by atoms with Crippen LogP contribution in [0.1, 0.15) is 5.56 Å². The molecule has 0 atom stereocenters. The van der Waals surface area contributed by atoms with Gasteiger partial charge in [0.15, 0.2) is 0 Å². The van der Waals surface area contributed by atoms with Gasteiger partial charge in [-0.05, 0) is 11.4 Å². The number of carbonyl (C=O) groups is 1. The van der Waals surface area contributed by atoms with Crippen molar-refractivity contribution in [3.63, 3.8) is 0 Å². The minimum Gasteiger partial charge on any atom is -0.303 e. The Morgan fingerprint density at radius 3 is 3.14 bits per heavy atom. The topological polar surface area (TPSA) is 34.9 Å². The molecule has 0 aliphatic rings. The first-order valence-electron chi connectivity index (χ1n) is 4.31. The highest BCUT2D eigenvalue weighted by Crippen LogP contribution is 2.26. The van der Waals surface area contributed by atoms with Crippen LogP contribution in [-0.4, -0.2) is 16.1 Å². The molecule has 3 nitrogen and oxygen atoms in total. The number of aryl methyl sites for hydroxylation is 1. The number of rotatable bonds is 3. The van der Waals surface area contributed by atoms with Gasteiger partial charge in [-0.15, -0.1) is 11.3 Å². The van der Waals surface area contributed by atoms with Crippen LogP contribution in [0.4, 0.5) is 0 Å². The van der Waals surface area contributed by atoms with Gasteiger partial charge >= 0.3 is 0 Å². The van der Waals surface area contributed by atoms with Gasteiger partial charge in [-0.1, -0.05) is 6.07 Å². The van der Waals surface area contributed by atoms with Crippen LogP contribution in [0.25, 0.3) is 10.6 Å². The number of nitrogens with zero attached hydrogens (tertiary/aromatic N) is 2. The lowest BCUT2D eigenvalue weighted by molar-refractivity contribution is -0.107. The standard InChI is InChI=1S/C10H10N2OS/c1-12-7-8(4-5-13)10(11-12)9-3-2-6-14-9/h2-3,5-7H,4H2,1H3. The molecule has 0 aliphatic heterocycles. The van der Waals surface area contributed by atoms with Crippen LogP contribution in [-0.2, 0) is 18.3 Å². The Morgan fingerprint density at radius 1 is 1.64 bits per heavy atom. The molecule has 2 heterocycles. The lowest BCUT2D eigenvalue weighted by Crippen LogP contribution is -1.86. The maximum absolute atomic E-state index is 10.5. The largest absolute Gasteiger partial charge is 0.303 e. The number of aldehydes is 1. The summed E-state index contributed by atoms with van der Waals surface area (Å²) in [4.78, 5) is 11.6. The third kappa shape index (κ3) is 1.61. The highest BCUT2D eigenvalue weighted by Gasteiger charge is 2.09. The highest BCUT2D eigenvalue weighted by atomic mass is 32.1. The van der Waals surface area contributed by atoms with Gasteiger partial charge in [0.2, 0.25) is 0 Å². The summed E-state index contributed by atoms with van der Waals surface area (Å²) in [6, 6.07) is 4.00. The van der Waals surface area contributed by atoms with Crippen LogP contribution >= 0.6 is 11.3 Å². The van der Waals surface area contributed by atoms with Gasteiger partial charge in [0.1, 0.15) is 12.0 Å². The van der Waals surface area contributed by atoms with Crippen molar-refractivity contribution in [2.45, 2.75) is 6.42 Å². The van der Waals surface area contributed by atoms with E-state index in [9.17, 15) is 4.79 Å². The van der Waals surface area contributed by atoms with E-state index in [1.807, 2.05) is 30.8 Å². The van der Waals surface area contributed by atoms with Crippen molar-refractivity contribution in [2.75, 3.05) is 0 Å². The molecular formula is C10H10N2OS. The lowest BCUT2D eigenvalue weighted by atomic mass is 10.2. The Labute approximate surface area is 86.0 Å². The smallest absolute Gasteiger partial charge is 0.124 e. The second-order valence-corrected chi connectivity index (χ2v) is 3.97. The molecule has 0 aromatic carbocycles. The number of thiophene rings is 1. The van der Waals surface area contributed by atoms with E-state index in [1.165, 1.54) is 0 Å². The third-order valence-corrected chi connectivity index (χ3v) is 2.84. The third-order valence-electron chi connectivity index (χ3n) is 1.96. The number of hydrogen-bond acceptors (Lipinski definition) is 3. The van der Waals surface area contributed by atoms with E-state index in [0.717, 1.165) is 22.4 Å². The summed E-state index contributed by atoms with van der Waals surface area (Å²) in [6.07, 6.45) is 3.23. The highest BCUT2D eigenvalue weighted by molar-refractivity contribution is 7.13. The normalized spacial score (nSPS) is 10.4. The van der Waals surface area contributed by atoms with Crippen molar-refractivity contribution in [3.8, 4) is 10.6 Å². The number of hydrogen-bond donors (Lipinski definition) is 0. The Balaban J connectivity index is 2.46. The molecule has 0 amide bonds. The fraction of sp³-hybridized carbons (Fsp3) is 0.200. The molecule has 0 radical (unpaired) electrons. The maximum atomic E-state index is 10.5. The van der Waals surface area contributed by atoms with E-state index in [4.69, 9.17) is 0 Å². The Bertz CT molecular complexity index is 431. The Kier molecular flexibility index (Phi) is 2.45. The molecule has 0 saturated heterocycles. The van der Waals surface area contributed by atoms with Crippen molar-refractivity contribution in [2.24, 2.45) is 7.05 Å². The molecule has 14 heavy (non-hydrogen) atoms. The first-order chi connectivity index (χ1) is 6.81. The molecule has 0 bridgehead atoms. The van der Waals surface area contributed by atoms with E-state index in [2.05, 4.69) is 5.10 Å². The van der Waals surface area contributed by atoms with Crippen molar-refractivity contribution >= 4 is 17.6 Å². The van der Waals surface area contributed by atoms with Gasteiger partial charge in [0.05, 0.1) is 4.88 Å². The maximum Gasteiger partial charge on any atom is 0.124 e. The van der Waals surface area contributed by atoms with Crippen LogP contribution in [0.2, 0.25) is 0 Å². The van der Waals surface area contributed by atoms with Gasteiger partial charge < -0.3 is 4.79 Å². The molecule has 0 N–H and O–H groups in total. The monoisotopic (exact) mass is 206 g/mol. The average Bonchev–Trinajstić information content (AvgIpc) is 2.74. The minimum absolute atomic E-state index is 0.432. The zero-order valence-electron chi connectivity index (χ0n) is 7.80. The summed E-state index contributed by atoms with van der Waals surface area (Å²) >= 11 is 1.64. The van der Waals surface area contributed by atoms with Crippen molar-refractivity contribution in [1.29, 1.82) is 0 Å². The molecule has 2 aromatic rings. The second-order valence-electron chi connectivity index (χ2n) is 3.02. The summed E-state index contributed by atoms with van der Waals surface area (Å²) in [5.74, 6) is 0. The quantitative estimate of drug-likeness (QED) is 0.719. The van der Waals surface area contributed by atoms with Crippen molar-refractivity contribution in [1.82, 2.24) is 9.78 Å². The molecule has 72 valence electrons. The fourth-order valence-corrected chi connectivity index (χ4v) is 2.14. The summed E-state index contributed by atoms with van der Waals surface area (Å²) in [6.45, 7) is 0. The van der Waals surface area contributed by atoms with Crippen LogP contribution < -0.4 is 0 Å². The van der Waals surface area contributed by atoms with E-state index < -0.39 is 0 Å². The Hall–Kier alpha value is -1.42. The molecule has 0 unspecified atom stereocenters. The van der Waals surface area contributed by atoms with E-state index in [0.29, 0.717) is 6.42 Å². The molecule has 0 saturated carbocycles. The Morgan fingerprint density at radius 2 is 2.50 bits per heavy atom. The summed E-state index contributed by atoms with van der Waals surface area (Å²) in [7, 11) is 1.87.